The van der Waals surface area contributed by atoms with Gasteiger partial charge in [0.15, 0.2) is 5.96 Å². The van der Waals surface area contributed by atoms with E-state index in [0.29, 0.717) is 5.92 Å². The standard InChI is InChI=1S/C21H26FN3O2/c22-19-4-3-18-14-25(9-6-17(18)12-19)21(24-13-16-7-11-26-15-16)23-8-5-20-2-1-10-27-20/h1-4,10,12,16H,5-9,11,13-15H2,(H,23,24). The van der Waals surface area contributed by atoms with Crippen molar-refractivity contribution >= 4 is 5.96 Å². The summed E-state index contributed by atoms with van der Waals surface area (Å²) in [6, 6.07) is 8.98. The molecular weight excluding hydrogens is 345 g/mol. The molecule has 0 saturated carbocycles. The Labute approximate surface area is 159 Å². The van der Waals surface area contributed by atoms with Gasteiger partial charge in [-0.1, -0.05) is 6.07 Å². The molecule has 1 unspecified atom stereocenters. The lowest BCUT2D eigenvalue weighted by molar-refractivity contribution is 0.187. The summed E-state index contributed by atoms with van der Waals surface area (Å²) in [6.07, 6.45) is 4.42. The molecule has 144 valence electrons. The van der Waals surface area contributed by atoms with E-state index >= 15 is 0 Å². The number of aliphatic imine (C=N–C) groups is 1. The van der Waals surface area contributed by atoms with E-state index < -0.39 is 0 Å². The summed E-state index contributed by atoms with van der Waals surface area (Å²) in [5.74, 6) is 2.22. The Morgan fingerprint density at radius 1 is 1.30 bits per heavy atom. The number of ether oxygens (including phenoxy) is 1. The van der Waals surface area contributed by atoms with Crippen molar-refractivity contribution < 1.29 is 13.5 Å². The van der Waals surface area contributed by atoms with Crippen LogP contribution in [0.15, 0.2) is 46.0 Å². The molecule has 0 radical (unpaired) electrons. The van der Waals surface area contributed by atoms with Gasteiger partial charge in [-0.3, -0.25) is 4.99 Å². The van der Waals surface area contributed by atoms with Gasteiger partial charge < -0.3 is 19.4 Å². The minimum absolute atomic E-state index is 0.158. The fourth-order valence-corrected chi connectivity index (χ4v) is 3.67. The Bertz CT molecular complexity index is 770. The maximum absolute atomic E-state index is 13.5. The molecule has 27 heavy (non-hydrogen) atoms. The second kappa shape index (κ2) is 8.57. The van der Waals surface area contributed by atoms with Gasteiger partial charge in [-0.15, -0.1) is 0 Å². The Kier molecular flexibility index (Phi) is 5.72. The highest BCUT2D eigenvalue weighted by Gasteiger charge is 2.21. The topological polar surface area (TPSA) is 50.0 Å². The van der Waals surface area contributed by atoms with Crippen molar-refractivity contribution in [1.29, 1.82) is 0 Å². The zero-order chi connectivity index (χ0) is 18.5. The van der Waals surface area contributed by atoms with E-state index in [1.165, 1.54) is 5.56 Å². The number of guanidine groups is 1. The van der Waals surface area contributed by atoms with E-state index in [1.807, 2.05) is 18.2 Å². The lowest BCUT2D eigenvalue weighted by atomic mass is 10.00. The molecule has 1 N–H and O–H groups in total. The van der Waals surface area contributed by atoms with Crippen molar-refractivity contribution in [3.63, 3.8) is 0 Å². The van der Waals surface area contributed by atoms with Crippen LogP contribution in [-0.4, -0.2) is 43.7 Å². The minimum atomic E-state index is -0.158. The zero-order valence-electron chi connectivity index (χ0n) is 15.5. The van der Waals surface area contributed by atoms with Gasteiger partial charge in [0.05, 0.1) is 12.9 Å². The monoisotopic (exact) mass is 371 g/mol. The first kappa shape index (κ1) is 18.0. The van der Waals surface area contributed by atoms with Crippen molar-refractivity contribution in [2.45, 2.75) is 25.8 Å². The molecule has 0 amide bonds. The van der Waals surface area contributed by atoms with Crippen LogP contribution in [0.3, 0.4) is 0 Å². The lowest BCUT2D eigenvalue weighted by Gasteiger charge is -2.32. The van der Waals surface area contributed by atoms with Crippen molar-refractivity contribution in [3.8, 4) is 0 Å². The quantitative estimate of drug-likeness (QED) is 0.648. The summed E-state index contributed by atoms with van der Waals surface area (Å²) < 4.78 is 24.4. The minimum Gasteiger partial charge on any atom is -0.469 e. The smallest absolute Gasteiger partial charge is 0.194 e. The highest BCUT2D eigenvalue weighted by Crippen LogP contribution is 2.20. The van der Waals surface area contributed by atoms with E-state index in [2.05, 4.69) is 10.2 Å². The number of hydrogen-bond acceptors (Lipinski definition) is 3. The molecule has 2 aromatic rings. The third-order valence-corrected chi connectivity index (χ3v) is 5.24. The highest BCUT2D eigenvalue weighted by molar-refractivity contribution is 5.80. The highest BCUT2D eigenvalue weighted by atomic mass is 19.1. The van der Waals surface area contributed by atoms with Gasteiger partial charge in [-0.2, -0.15) is 0 Å². The van der Waals surface area contributed by atoms with Gasteiger partial charge in [-0.05, 0) is 48.2 Å². The maximum Gasteiger partial charge on any atom is 0.194 e. The lowest BCUT2D eigenvalue weighted by Crippen LogP contribution is -2.45. The average Bonchev–Trinajstić information content (AvgIpc) is 3.38. The van der Waals surface area contributed by atoms with Crippen LogP contribution in [0.1, 0.15) is 23.3 Å². The van der Waals surface area contributed by atoms with Crippen LogP contribution in [0.5, 0.6) is 0 Å². The molecule has 2 aliphatic rings. The van der Waals surface area contributed by atoms with Crippen LogP contribution in [0.2, 0.25) is 0 Å². The summed E-state index contributed by atoms with van der Waals surface area (Å²) in [6.45, 7) is 4.76. The van der Waals surface area contributed by atoms with Crippen LogP contribution in [0, 0.1) is 11.7 Å². The fourth-order valence-electron chi connectivity index (χ4n) is 3.67. The summed E-state index contributed by atoms with van der Waals surface area (Å²) in [5, 5.41) is 3.49. The van der Waals surface area contributed by atoms with Crippen LogP contribution in [-0.2, 0) is 24.1 Å². The number of nitrogens with one attached hydrogen (secondary N) is 1. The molecule has 3 heterocycles. The molecular formula is C21H26FN3O2. The first-order valence-electron chi connectivity index (χ1n) is 9.68. The summed E-state index contributed by atoms with van der Waals surface area (Å²) in [7, 11) is 0. The van der Waals surface area contributed by atoms with Crippen molar-refractivity contribution in [3.05, 3.63) is 59.3 Å². The molecule has 0 spiro atoms. The first-order valence-corrected chi connectivity index (χ1v) is 9.68. The molecule has 4 rings (SSSR count). The van der Waals surface area contributed by atoms with E-state index in [-0.39, 0.29) is 5.82 Å². The Morgan fingerprint density at radius 2 is 2.26 bits per heavy atom. The average molecular weight is 371 g/mol. The first-order chi connectivity index (χ1) is 13.3. The fraction of sp³-hybridized carbons (Fsp3) is 0.476. The van der Waals surface area contributed by atoms with Crippen LogP contribution in [0.4, 0.5) is 4.39 Å². The van der Waals surface area contributed by atoms with Gasteiger partial charge in [-0.25, -0.2) is 4.39 Å². The number of halogens is 1. The number of furan rings is 1. The van der Waals surface area contributed by atoms with E-state index in [0.717, 1.165) is 75.9 Å². The van der Waals surface area contributed by atoms with Gasteiger partial charge in [0, 0.05) is 45.1 Å². The van der Waals surface area contributed by atoms with Crippen LogP contribution >= 0.6 is 0 Å². The Balaban J connectivity index is 1.43. The third-order valence-electron chi connectivity index (χ3n) is 5.24. The van der Waals surface area contributed by atoms with E-state index in [9.17, 15) is 4.39 Å². The second-order valence-corrected chi connectivity index (χ2v) is 7.23. The van der Waals surface area contributed by atoms with Gasteiger partial charge in [0.1, 0.15) is 11.6 Å². The van der Waals surface area contributed by atoms with Gasteiger partial charge in [0.25, 0.3) is 0 Å². The van der Waals surface area contributed by atoms with Crippen molar-refractivity contribution in [1.82, 2.24) is 10.2 Å². The zero-order valence-corrected chi connectivity index (χ0v) is 15.5. The van der Waals surface area contributed by atoms with Crippen LogP contribution in [0.25, 0.3) is 0 Å². The summed E-state index contributed by atoms with van der Waals surface area (Å²) in [5.41, 5.74) is 2.28. The number of benzene rings is 1. The van der Waals surface area contributed by atoms with E-state index in [1.54, 1.807) is 18.4 Å². The van der Waals surface area contributed by atoms with Crippen LogP contribution < -0.4 is 5.32 Å². The molecule has 0 bridgehead atoms. The second-order valence-electron chi connectivity index (χ2n) is 7.23. The SMILES string of the molecule is Fc1ccc2c(c1)CCN(C(=NCC1CCOC1)NCCc1ccco1)C2. The molecule has 2 aliphatic heterocycles. The molecule has 1 fully saturated rings. The molecule has 1 aromatic heterocycles. The third kappa shape index (κ3) is 4.69. The largest absolute Gasteiger partial charge is 0.469 e. The molecule has 1 atom stereocenters. The van der Waals surface area contributed by atoms with E-state index in [4.69, 9.17) is 14.1 Å². The number of nitrogens with zero attached hydrogens (tertiary/aromatic N) is 2. The molecule has 6 heteroatoms. The number of fused-ring (bicyclic) bond motifs is 1. The summed E-state index contributed by atoms with van der Waals surface area (Å²) in [4.78, 5) is 7.15. The maximum atomic E-state index is 13.5. The Morgan fingerprint density at radius 3 is 3.07 bits per heavy atom. The number of hydrogen-bond donors (Lipinski definition) is 1. The number of rotatable bonds is 5. The predicted molar refractivity (Wildman–Crippen MR) is 102 cm³/mol. The van der Waals surface area contributed by atoms with Gasteiger partial charge in [0.2, 0.25) is 0 Å². The molecule has 1 aromatic carbocycles. The molecule has 5 nitrogen and oxygen atoms in total. The molecule has 0 aliphatic carbocycles. The predicted octanol–water partition coefficient (Wildman–Crippen LogP) is 3.00. The molecule has 1 saturated heterocycles. The normalized spacial score (nSPS) is 20.0. The summed E-state index contributed by atoms with van der Waals surface area (Å²) >= 11 is 0. The van der Waals surface area contributed by atoms with Gasteiger partial charge >= 0.3 is 0 Å². The van der Waals surface area contributed by atoms with Crippen molar-refractivity contribution in [2.75, 3.05) is 32.8 Å². The van der Waals surface area contributed by atoms with Crippen molar-refractivity contribution in [2.24, 2.45) is 10.9 Å². The Hall–Kier alpha value is -2.34.